The van der Waals surface area contributed by atoms with Crippen molar-refractivity contribution < 1.29 is 48.0 Å². The van der Waals surface area contributed by atoms with Gasteiger partial charge in [0.25, 0.3) is 0 Å². The molecule has 1 aromatic carbocycles. The maximum absolute atomic E-state index is 14.5. The number of benzene rings is 1. The molecule has 0 aromatic heterocycles. The van der Waals surface area contributed by atoms with Crippen LogP contribution in [0.5, 0.6) is 0 Å². The Hall–Kier alpha value is -3.83. The van der Waals surface area contributed by atoms with E-state index in [4.69, 9.17) is 18.9 Å². The molecule has 0 heterocycles. The minimum absolute atomic E-state index is 0.0223. The standard InChI is InChI=1S/C37H49NO10/c1-20-28(45-21(2)39)16-26-30(46-22(3)40)15-25-19-37(7,35(44)34(43)33(20)36(26,5)6)31(47-23(4)41)18-29(25)48-32(42)17-27(38(8)9)24-13-11-10-12-14-24/h10-15,26-31,34,43H,16-19H2,1-9H3/t26-,27+,28-,29-,30-,31-,34+,37-/m0/s1. The van der Waals surface area contributed by atoms with Gasteiger partial charge in [0.05, 0.1) is 11.8 Å². The van der Waals surface area contributed by atoms with Gasteiger partial charge in [-0.25, -0.2) is 0 Å². The molecule has 1 N–H and O–H groups in total. The van der Waals surface area contributed by atoms with E-state index in [9.17, 15) is 29.1 Å². The number of rotatable bonds is 8. The van der Waals surface area contributed by atoms with Crippen molar-refractivity contribution >= 4 is 29.7 Å². The second-order valence-electron chi connectivity index (χ2n) is 14.3. The molecule has 0 unspecified atom stereocenters. The second-order valence-corrected chi connectivity index (χ2v) is 14.3. The fraction of sp³-hybridized carbons (Fsp3) is 0.595. The van der Waals surface area contributed by atoms with Crippen molar-refractivity contribution in [2.24, 2.45) is 16.7 Å². The Morgan fingerprint density at radius 3 is 2.06 bits per heavy atom. The average molecular weight is 668 g/mol. The molecule has 0 spiro atoms. The first-order chi connectivity index (χ1) is 22.4. The van der Waals surface area contributed by atoms with Crippen LogP contribution in [-0.4, -0.2) is 84.3 Å². The summed E-state index contributed by atoms with van der Waals surface area (Å²) in [5, 5.41) is 11.9. The van der Waals surface area contributed by atoms with Crippen molar-refractivity contribution in [3.63, 3.8) is 0 Å². The van der Waals surface area contributed by atoms with Gasteiger partial charge < -0.3 is 29.0 Å². The van der Waals surface area contributed by atoms with Crippen LogP contribution in [-0.2, 0) is 42.9 Å². The minimum Gasteiger partial charge on any atom is -0.461 e. The lowest BCUT2D eigenvalue weighted by atomic mass is 9.57. The number of hydrogen-bond donors (Lipinski definition) is 1. The molecule has 4 bridgehead atoms. The summed E-state index contributed by atoms with van der Waals surface area (Å²) < 4.78 is 23.5. The third kappa shape index (κ3) is 7.57. The van der Waals surface area contributed by atoms with Crippen LogP contribution >= 0.6 is 0 Å². The molecule has 1 saturated carbocycles. The van der Waals surface area contributed by atoms with Gasteiger partial charge in [-0.3, -0.25) is 24.0 Å². The third-order valence-electron chi connectivity index (χ3n) is 10.3. The predicted molar refractivity (Wildman–Crippen MR) is 175 cm³/mol. The highest BCUT2D eigenvalue weighted by atomic mass is 16.6. The summed E-state index contributed by atoms with van der Waals surface area (Å²) in [5.41, 5.74) is -0.00830. The first-order valence-electron chi connectivity index (χ1n) is 16.4. The molecule has 1 aromatic rings. The summed E-state index contributed by atoms with van der Waals surface area (Å²) >= 11 is 0. The van der Waals surface area contributed by atoms with Gasteiger partial charge in [0.15, 0.2) is 5.78 Å². The van der Waals surface area contributed by atoms with Gasteiger partial charge in [-0.05, 0) is 74.6 Å². The third-order valence-corrected chi connectivity index (χ3v) is 10.3. The molecule has 0 radical (unpaired) electrons. The molecule has 8 atom stereocenters. The largest absolute Gasteiger partial charge is 0.461 e. The van der Waals surface area contributed by atoms with Crippen molar-refractivity contribution in [3.05, 3.63) is 58.7 Å². The van der Waals surface area contributed by atoms with E-state index in [1.807, 2.05) is 63.2 Å². The van der Waals surface area contributed by atoms with E-state index < -0.39 is 76.9 Å². The van der Waals surface area contributed by atoms with Gasteiger partial charge in [0.2, 0.25) is 0 Å². The summed E-state index contributed by atoms with van der Waals surface area (Å²) in [5.74, 6) is -3.34. The minimum atomic E-state index is -1.65. The highest BCUT2D eigenvalue weighted by Gasteiger charge is 2.57. The van der Waals surface area contributed by atoms with E-state index in [-0.39, 0.29) is 31.7 Å². The number of fused-ring (bicyclic) bond motifs is 4. The van der Waals surface area contributed by atoms with Crippen molar-refractivity contribution in [2.75, 3.05) is 14.1 Å². The van der Waals surface area contributed by atoms with Crippen molar-refractivity contribution in [3.8, 4) is 0 Å². The lowest BCUT2D eigenvalue weighted by Crippen LogP contribution is -2.56. The lowest BCUT2D eigenvalue weighted by Gasteiger charge is -2.51. The van der Waals surface area contributed by atoms with Gasteiger partial charge in [-0.15, -0.1) is 0 Å². The van der Waals surface area contributed by atoms with Gasteiger partial charge in [-0.1, -0.05) is 44.2 Å². The van der Waals surface area contributed by atoms with Gasteiger partial charge in [0, 0.05) is 39.2 Å². The monoisotopic (exact) mass is 667 g/mol. The first-order valence-corrected chi connectivity index (χ1v) is 16.4. The van der Waals surface area contributed by atoms with Crippen molar-refractivity contribution in [1.29, 1.82) is 0 Å². The highest BCUT2D eigenvalue weighted by molar-refractivity contribution is 5.93. The SMILES string of the molecule is CC(=O)O[C@H]1C[C@H]2[C@@H](OC(C)=O)C=C3C[C@](C)(C(=O)[C@H](O)C(=C1C)C2(C)C)[C@@H](OC(C)=O)C[C@@H]3OC(=O)C[C@H](c1ccccc1)N(C)C. The summed E-state index contributed by atoms with van der Waals surface area (Å²) in [7, 11) is 3.75. The molecule has 3 aliphatic rings. The van der Waals surface area contributed by atoms with Crippen LogP contribution < -0.4 is 0 Å². The summed E-state index contributed by atoms with van der Waals surface area (Å²) in [6.45, 7) is 10.9. The van der Waals surface area contributed by atoms with E-state index in [0.29, 0.717) is 16.7 Å². The molecule has 3 aliphatic carbocycles. The van der Waals surface area contributed by atoms with Crippen LogP contribution in [0.3, 0.4) is 0 Å². The Kier molecular flexibility index (Phi) is 11.1. The Balaban J connectivity index is 1.86. The van der Waals surface area contributed by atoms with Crippen LogP contribution in [0.4, 0.5) is 0 Å². The van der Waals surface area contributed by atoms with Crippen LogP contribution in [0.2, 0.25) is 0 Å². The number of Topliss-reactive ketones (excluding diaryl/α,β-unsaturated/α-hetero) is 1. The molecule has 4 rings (SSSR count). The van der Waals surface area contributed by atoms with Crippen LogP contribution in [0, 0.1) is 16.7 Å². The Labute approximate surface area is 282 Å². The maximum Gasteiger partial charge on any atom is 0.308 e. The number of nitrogens with zero attached hydrogens (tertiary/aromatic N) is 1. The van der Waals surface area contributed by atoms with Crippen LogP contribution in [0.1, 0.15) is 85.8 Å². The molecule has 0 aliphatic heterocycles. The average Bonchev–Trinajstić information content (AvgIpc) is 2.97. The lowest BCUT2D eigenvalue weighted by molar-refractivity contribution is -0.170. The molecule has 11 heteroatoms. The molecular weight excluding hydrogens is 618 g/mol. The number of esters is 4. The molecule has 0 saturated heterocycles. The van der Waals surface area contributed by atoms with Crippen LogP contribution in [0.25, 0.3) is 0 Å². The number of aliphatic hydroxyl groups excluding tert-OH is 1. The second kappa shape index (κ2) is 14.3. The smallest absolute Gasteiger partial charge is 0.308 e. The number of ketones is 1. The van der Waals surface area contributed by atoms with E-state index in [1.54, 1.807) is 19.9 Å². The number of carbonyl (C=O) groups is 5. The number of ether oxygens (including phenoxy) is 4. The number of hydrogen-bond acceptors (Lipinski definition) is 11. The maximum atomic E-state index is 14.5. The highest BCUT2D eigenvalue weighted by Crippen LogP contribution is 2.53. The molecular formula is C37H49NO10. The zero-order valence-electron chi connectivity index (χ0n) is 29.4. The van der Waals surface area contributed by atoms with E-state index in [2.05, 4.69) is 0 Å². The summed E-state index contributed by atoms with van der Waals surface area (Å²) in [6, 6.07) is 9.28. The number of carbonyl (C=O) groups excluding carboxylic acids is 5. The molecule has 48 heavy (non-hydrogen) atoms. The molecule has 0 amide bonds. The zero-order chi connectivity index (χ0) is 35.7. The Bertz CT molecular complexity index is 1490. The first kappa shape index (κ1) is 37.0. The van der Waals surface area contributed by atoms with Gasteiger partial charge in [0.1, 0.15) is 30.5 Å². The molecule has 11 nitrogen and oxygen atoms in total. The van der Waals surface area contributed by atoms with E-state index in [1.165, 1.54) is 20.8 Å². The summed E-state index contributed by atoms with van der Waals surface area (Å²) in [4.78, 5) is 67.2. The van der Waals surface area contributed by atoms with Gasteiger partial charge >= 0.3 is 23.9 Å². The van der Waals surface area contributed by atoms with Crippen LogP contribution in [0.15, 0.2) is 53.1 Å². The predicted octanol–water partition coefficient (Wildman–Crippen LogP) is 4.42. The van der Waals surface area contributed by atoms with Crippen molar-refractivity contribution in [2.45, 2.75) is 111 Å². The fourth-order valence-corrected chi connectivity index (χ4v) is 7.92. The zero-order valence-corrected chi connectivity index (χ0v) is 29.4. The fourth-order valence-electron chi connectivity index (χ4n) is 7.92. The molecule has 262 valence electrons. The molecule has 1 fully saturated rings. The quantitative estimate of drug-likeness (QED) is 0.239. The van der Waals surface area contributed by atoms with Crippen molar-refractivity contribution in [1.82, 2.24) is 4.90 Å². The van der Waals surface area contributed by atoms with Gasteiger partial charge in [-0.2, -0.15) is 0 Å². The Morgan fingerprint density at radius 2 is 1.50 bits per heavy atom. The number of aliphatic hydroxyl groups is 1. The van der Waals surface area contributed by atoms with E-state index >= 15 is 0 Å². The normalized spacial score (nSPS) is 30.5. The Morgan fingerprint density at radius 1 is 0.896 bits per heavy atom. The van der Waals surface area contributed by atoms with E-state index in [0.717, 1.165) is 5.56 Å². The topological polar surface area (TPSA) is 146 Å². The summed E-state index contributed by atoms with van der Waals surface area (Å²) in [6.07, 6.45) is -3.37.